The van der Waals surface area contributed by atoms with Crippen molar-refractivity contribution >= 4 is 52.9 Å². The van der Waals surface area contributed by atoms with Gasteiger partial charge in [0.2, 0.25) is 5.91 Å². The molecule has 4 amide bonds. The van der Waals surface area contributed by atoms with Crippen LogP contribution in [0.2, 0.25) is 5.02 Å². The Labute approximate surface area is 429 Å². The molecule has 0 spiro atoms. The number of fused-ring (bicyclic) bond motifs is 8. The molecule has 3 aromatic carbocycles. The third-order valence-corrected chi connectivity index (χ3v) is 15.1. The van der Waals surface area contributed by atoms with Crippen LogP contribution in [-0.4, -0.2) is 150 Å². The fourth-order valence-corrected chi connectivity index (χ4v) is 10.5. The normalized spacial score (nSPS) is 28.4. The monoisotopic (exact) mass is 1030 g/mol. The van der Waals surface area contributed by atoms with Crippen LogP contribution in [0.25, 0.3) is 11.1 Å². The lowest BCUT2D eigenvalue weighted by Gasteiger charge is -2.42. The number of rotatable bonds is 11. The highest BCUT2D eigenvalue weighted by molar-refractivity contribution is 6.35. The molecule has 0 saturated carbocycles. The van der Waals surface area contributed by atoms with E-state index in [9.17, 15) is 29.1 Å². The molecule has 4 aliphatic heterocycles. The number of halogens is 1. The second-order valence-corrected chi connectivity index (χ2v) is 19.8. The fraction of sp³-hybridized carbons (Fsp3) is 0.491. The molecule has 3 N–H and O–H groups in total. The number of benzene rings is 3. The van der Waals surface area contributed by atoms with E-state index in [0.29, 0.717) is 31.1 Å². The molecule has 8 rings (SSSR count). The van der Waals surface area contributed by atoms with Gasteiger partial charge >= 0.3 is 18.2 Å². The van der Waals surface area contributed by atoms with Crippen molar-refractivity contribution in [3.8, 4) is 16.9 Å². The summed E-state index contributed by atoms with van der Waals surface area (Å²) in [6.07, 6.45) is -0.554. The number of esters is 1. The number of nitrogens with one attached hydrogen (secondary N) is 2. The highest BCUT2D eigenvalue weighted by atomic mass is 35.5. The molecule has 3 aromatic rings. The van der Waals surface area contributed by atoms with Crippen LogP contribution in [0, 0.1) is 5.92 Å². The summed E-state index contributed by atoms with van der Waals surface area (Å²) in [4.78, 5) is 77.9. The van der Waals surface area contributed by atoms with Crippen molar-refractivity contribution in [2.24, 2.45) is 5.92 Å². The number of methoxy groups -OCH3 is 2. The number of carbonyl (C=O) groups excluding carboxylic acids is 5. The van der Waals surface area contributed by atoms with Crippen LogP contribution in [0.1, 0.15) is 63.1 Å². The molecule has 9 atom stereocenters. The van der Waals surface area contributed by atoms with Crippen molar-refractivity contribution in [1.29, 1.82) is 0 Å². The van der Waals surface area contributed by atoms with E-state index in [1.165, 1.54) is 33.1 Å². The number of alkyl carbamates (subject to hydrolysis) is 1. The first-order chi connectivity index (χ1) is 34.8. The van der Waals surface area contributed by atoms with E-state index in [1.54, 1.807) is 45.2 Å². The fourth-order valence-electron chi connectivity index (χ4n) is 10.2. The van der Waals surface area contributed by atoms with E-state index >= 15 is 0 Å². The third-order valence-electron chi connectivity index (χ3n) is 14.7. The van der Waals surface area contributed by atoms with Gasteiger partial charge in [-0.05, 0) is 79.3 Å². The molecule has 73 heavy (non-hydrogen) atoms. The minimum Gasteiger partial charge on any atom is -0.495 e. The van der Waals surface area contributed by atoms with Gasteiger partial charge in [-0.3, -0.25) is 19.7 Å². The zero-order valence-electron chi connectivity index (χ0n) is 42.3. The number of hydrogen-bond acceptors (Lipinski definition) is 15. The summed E-state index contributed by atoms with van der Waals surface area (Å²) in [6, 6.07) is 16.6. The first kappa shape index (κ1) is 53.1. The molecule has 19 nitrogen and oxygen atoms in total. The standard InChI is InChI=1S/C53H64ClN5O14/c1-30-12-11-15-43(67-8)53(65)27-42(71-50(63)55-53)31(2)48-52(4,73-48)44(26-45(60)58(6)40-23-33(22-30)24-41(66-7)47(40)54)72-49(62)32(3)57(5)46(61)29-70-56-51(64)69-28-39-36-14-10-9-13-35(36)38-25-34(16-17-37(38)39)59-18-20-68-21-19-59/h9-17,23-25,31-32,39,42-44,48,65H,18-22,26-29H2,1-8H3,(H,55,63)(H,56,64)/b15-11+,30-12+. The lowest BCUT2D eigenvalue weighted by atomic mass is 9.83. The quantitative estimate of drug-likeness (QED) is 0.0893. The van der Waals surface area contributed by atoms with Gasteiger partial charge in [-0.2, -0.15) is 5.48 Å². The van der Waals surface area contributed by atoms with Crippen molar-refractivity contribution in [2.45, 2.75) is 94.7 Å². The van der Waals surface area contributed by atoms with E-state index in [1.807, 2.05) is 31.2 Å². The number of likely N-dealkylation sites (N-methyl/N-ethyl adjacent to an activating group) is 1. The van der Waals surface area contributed by atoms with Gasteiger partial charge < -0.3 is 53.0 Å². The summed E-state index contributed by atoms with van der Waals surface area (Å²) >= 11 is 6.82. The van der Waals surface area contributed by atoms with Gasteiger partial charge in [-0.1, -0.05) is 72.7 Å². The van der Waals surface area contributed by atoms with Gasteiger partial charge in [0.05, 0.1) is 38.5 Å². The SMILES string of the molecule is COc1cc2cc(c1Cl)N(C)C(=O)CC(OC(=O)C(C)N(C)C(=O)CONC(=O)OCC1c3ccccc3-c3cc(N4CCOCC4)ccc31)C1(C)OC1C(C)C1CC(O)(NC(=O)O1)C(OC)/C=C/C=C(\C)C2. The molecule has 0 radical (unpaired) electrons. The summed E-state index contributed by atoms with van der Waals surface area (Å²) < 4.78 is 40.6. The minimum absolute atomic E-state index is 0.0105. The van der Waals surface area contributed by atoms with Crippen LogP contribution >= 0.6 is 11.6 Å². The van der Waals surface area contributed by atoms with Crippen LogP contribution in [0.5, 0.6) is 5.75 Å². The summed E-state index contributed by atoms with van der Waals surface area (Å²) in [6.45, 7) is 9.08. The number of hydrogen-bond donors (Lipinski definition) is 3. The van der Waals surface area contributed by atoms with Crippen LogP contribution in [0.4, 0.5) is 21.0 Å². The van der Waals surface area contributed by atoms with Crippen LogP contribution in [0.3, 0.4) is 0 Å². The van der Waals surface area contributed by atoms with Gasteiger partial charge in [0, 0.05) is 58.2 Å². The zero-order chi connectivity index (χ0) is 52.4. The summed E-state index contributed by atoms with van der Waals surface area (Å²) in [5.74, 6) is -2.56. The molecule has 4 bridgehead atoms. The number of amides is 4. The molecule has 3 saturated heterocycles. The highest BCUT2D eigenvalue weighted by Gasteiger charge is 2.64. The maximum atomic E-state index is 14.4. The number of ether oxygens (including phenoxy) is 7. The Balaban J connectivity index is 0.934. The molecule has 9 unspecified atom stereocenters. The topological polar surface area (TPSA) is 216 Å². The maximum Gasteiger partial charge on any atom is 0.431 e. The number of anilines is 2. The lowest BCUT2D eigenvalue weighted by Crippen LogP contribution is -2.63. The number of epoxide rings is 1. The second-order valence-electron chi connectivity index (χ2n) is 19.4. The van der Waals surface area contributed by atoms with E-state index in [4.69, 9.17) is 49.6 Å². The Morgan fingerprint density at radius 2 is 1.79 bits per heavy atom. The smallest absolute Gasteiger partial charge is 0.431 e. The van der Waals surface area contributed by atoms with Gasteiger partial charge in [0.25, 0.3) is 5.91 Å². The molecule has 392 valence electrons. The number of aliphatic hydroxyl groups is 1. The predicted octanol–water partition coefficient (Wildman–Crippen LogP) is 5.82. The molecule has 4 heterocycles. The Kier molecular flexibility index (Phi) is 16.1. The largest absolute Gasteiger partial charge is 0.495 e. The Hall–Kier alpha value is -6.22. The first-order valence-electron chi connectivity index (χ1n) is 24.3. The average Bonchev–Trinajstić information content (AvgIpc) is 3.98. The third kappa shape index (κ3) is 11.3. The van der Waals surface area contributed by atoms with E-state index in [2.05, 4.69) is 40.0 Å². The lowest BCUT2D eigenvalue weighted by molar-refractivity contribution is -0.163. The van der Waals surface area contributed by atoms with E-state index in [-0.39, 0.29) is 24.0 Å². The number of morpholine rings is 1. The molecule has 5 aliphatic rings. The second kappa shape index (κ2) is 22.1. The Morgan fingerprint density at radius 3 is 2.53 bits per heavy atom. The molecular formula is C53H64ClN5O14. The summed E-state index contributed by atoms with van der Waals surface area (Å²) in [5.41, 5.74) is 6.27. The molecule has 3 fully saturated rings. The van der Waals surface area contributed by atoms with Crippen LogP contribution in [-0.2, 0) is 54.1 Å². The number of allylic oxidation sites excluding steroid dienone is 3. The van der Waals surface area contributed by atoms with Crippen molar-refractivity contribution in [3.63, 3.8) is 0 Å². The summed E-state index contributed by atoms with van der Waals surface area (Å²) in [7, 11) is 5.80. The zero-order valence-corrected chi connectivity index (χ0v) is 43.1. The van der Waals surface area contributed by atoms with Crippen molar-refractivity contribution in [3.05, 3.63) is 100 Å². The molecule has 20 heteroatoms. The summed E-state index contributed by atoms with van der Waals surface area (Å²) in [5, 5.41) is 14.6. The molecule has 0 aromatic heterocycles. The van der Waals surface area contributed by atoms with Crippen molar-refractivity contribution in [2.75, 3.05) is 77.6 Å². The predicted molar refractivity (Wildman–Crippen MR) is 268 cm³/mol. The van der Waals surface area contributed by atoms with Crippen LogP contribution < -0.4 is 25.3 Å². The Bertz CT molecular complexity index is 2660. The van der Waals surface area contributed by atoms with Gasteiger partial charge in [0.1, 0.15) is 47.3 Å². The van der Waals surface area contributed by atoms with Crippen molar-refractivity contribution < 1.29 is 67.1 Å². The van der Waals surface area contributed by atoms with Crippen molar-refractivity contribution in [1.82, 2.24) is 15.7 Å². The first-order valence-corrected chi connectivity index (χ1v) is 24.7. The van der Waals surface area contributed by atoms with Crippen LogP contribution in [0.15, 0.2) is 78.4 Å². The molecular weight excluding hydrogens is 966 g/mol. The molecule has 1 aliphatic carbocycles. The average molecular weight is 1030 g/mol. The van der Waals surface area contributed by atoms with Gasteiger partial charge in [-0.15, -0.1) is 0 Å². The highest BCUT2D eigenvalue weighted by Crippen LogP contribution is 2.50. The number of nitrogens with zero attached hydrogens (tertiary/aromatic N) is 3. The Morgan fingerprint density at radius 1 is 1.05 bits per heavy atom. The maximum absolute atomic E-state index is 14.4. The van der Waals surface area contributed by atoms with E-state index in [0.717, 1.165) is 57.1 Å². The number of carbonyl (C=O) groups is 5. The van der Waals surface area contributed by atoms with Gasteiger partial charge in [0.15, 0.2) is 12.3 Å². The number of hydroxylamine groups is 1. The minimum atomic E-state index is -1.88. The van der Waals surface area contributed by atoms with E-state index < -0.39 is 90.7 Å². The van der Waals surface area contributed by atoms with Gasteiger partial charge in [-0.25, -0.2) is 14.4 Å².